The second-order valence-electron chi connectivity index (χ2n) is 4.37. The fourth-order valence-corrected chi connectivity index (χ4v) is 2.22. The number of hydrogen-bond acceptors (Lipinski definition) is 1. The van der Waals surface area contributed by atoms with Crippen LogP contribution in [0.1, 0.15) is 16.7 Å². The van der Waals surface area contributed by atoms with Gasteiger partial charge in [-0.05, 0) is 41.7 Å². The number of fused-ring (bicyclic) bond motifs is 4. The summed E-state index contributed by atoms with van der Waals surface area (Å²) in [5, 5.41) is 3.46. The van der Waals surface area contributed by atoms with E-state index in [1.807, 2.05) is 0 Å². The summed E-state index contributed by atoms with van der Waals surface area (Å²) in [5.74, 6) is 0. The molecule has 1 aliphatic rings. The maximum Gasteiger partial charge on any atom is 0.0400 e. The molecule has 1 nitrogen and oxygen atoms in total. The van der Waals surface area contributed by atoms with E-state index in [1.165, 1.54) is 22.4 Å². The molecule has 0 atom stereocenters. The Morgan fingerprint density at radius 2 is 1.44 bits per heavy atom. The van der Waals surface area contributed by atoms with E-state index in [0.717, 1.165) is 19.4 Å². The molecule has 0 aromatic heterocycles. The molecular formula is C15H15N. The minimum atomic E-state index is 0.914. The number of nitrogens with one attached hydrogen (secondary N) is 1. The Balaban J connectivity index is 1.98. The molecule has 0 saturated carbocycles. The molecule has 0 spiro atoms. The molecule has 16 heavy (non-hydrogen) atoms. The zero-order chi connectivity index (χ0) is 10.8. The summed E-state index contributed by atoms with van der Waals surface area (Å²) in [4.78, 5) is 0. The predicted octanol–water partition coefficient (Wildman–Crippen LogP) is 3.40. The number of rotatable bonds is 0. The van der Waals surface area contributed by atoms with Gasteiger partial charge in [0, 0.05) is 12.2 Å². The van der Waals surface area contributed by atoms with E-state index in [9.17, 15) is 0 Å². The van der Waals surface area contributed by atoms with Crippen LogP contribution in [-0.4, -0.2) is 0 Å². The van der Waals surface area contributed by atoms with Crippen LogP contribution in [-0.2, 0) is 19.4 Å². The summed E-state index contributed by atoms with van der Waals surface area (Å²) >= 11 is 0. The van der Waals surface area contributed by atoms with Gasteiger partial charge >= 0.3 is 0 Å². The average molecular weight is 209 g/mol. The molecule has 2 aromatic rings. The zero-order valence-corrected chi connectivity index (χ0v) is 9.24. The van der Waals surface area contributed by atoms with E-state index in [1.54, 1.807) is 0 Å². The van der Waals surface area contributed by atoms with Gasteiger partial charge in [-0.2, -0.15) is 0 Å². The van der Waals surface area contributed by atoms with Gasteiger partial charge in [-0.3, -0.25) is 0 Å². The lowest BCUT2D eigenvalue weighted by Gasteiger charge is -2.12. The van der Waals surface area contributed by atoms with Crippen molar-refractivity contribution in [3.63, 3.8) is 0 Å². The van der Waals surface area contributed by atoms with Gasteiger partial charge in [-0.25, -0.2) is 0 Å². The Morgan fingerprint density at radius 1 is 0.750 bits per heavy atom. The summed E-state index contributed by atoms with van der Waals surface area (Å²) in [6.45, 7) is 0.914. The first-order chi connectivity index (χ1) is 7.90. The lowest BCUT2D eigenvalue weighted by atomic mass is 10.0. The highest BCUT2D eigenvalue weighted by molar-refractivity contribution is 5.47. The molecule has 0 unspecified atom stereocenters. The molecule has 4 bridgehead atoms. The lowest BCUT2D eigenvalue weighted by molar-refractivity contribution is 0.948. The summed E-state index contributed by atoms with van der Waals surface area (Å²) < 4.78 is 0. The van der Waals surface area contributed by atoms with Crippen LogP contribution in [0.3, 0.4) is 0 Å². The molecule has 1 heteroatoms. The molecule has 80 valence electrons. The smallest absolute Gasteiger partial charge is 0.0400 e. The van der Waals surface area contributed by atoms with Crippen molar-refractivity contribution < 1.29 is 0 Å². The van der Waals surface area contributed by atoms with Gasteiger partial charge in [0.25, 0.3) is 0 Å². The lowest BCUT2D eigenvalue weighted by Crippen LogP contribution is -2.03. The first kappa shape index (κ1) is 9.46. The van der Waals surface area contributed by atoms with Crippen LogP contribution < -0.4 is 5.32 Å². The monoisotopic (exact) mass is 209 g/mol. The van der Waals surface area contributed by atoms with Crippen molar-refractivity contribution >= 4 is 5.69 Å². The van der Waals surface area contributed by atoms with Gasteiger partial charge in [0.1, 0.15) is 0 Å². The summed E-state index contributed by atoms with van der Waals surface area (Å²) in [7, 11) is 0. The van der Waals surface area contributed by atoms with E-state index < -0.39 is 0 Å². The zero-order valence-electron chi connectivity index (χ0n) is 9.24. The van der Waals surface area contributed by atoms with Crippen molar-refractivity contribution in [2.24, 2.45) is 0 Å². The molecule has 0 aliphatic carbocycles. The SMILES string of the molecule is c1cc2cc(c1)CNc1cccc(c1)CC2. The fraction of sp³-hybridized carbons (Fsp3) is 0.200. The van der Waals surface area contributed by atoms with E-state index >= 15 is 0 Å². The number of benzene rings is 2. The molecular weight excluding hydrogens is 194 g/mol. The summed E-state index contributed by atoms with van der Waals surface area (Å²) in [5.41, 5.74) is 5.44. The molecule has 0 radical (unpaired) electrons. The maximum atomic E-state index is 3.46. The van der Waals surface area contributed by atoms with Crippen molar-refractivity contribution in [2.75, 3.05) is 5.32 Å². The summed E-state index contributed by atoms with van der Waals surface area (Å²) in [6, 6.07) is 17.6. The van der Waals surface area contributed by atoms with Crippen molar-refractivity contribution in [3.05, 3.63) is 65.2 Å². The first-order valence-electron chi connectivity index (χ1n) is 5.81. The Labute approximate surface area is 96.1 Å². The Hall–Kier alpha value is -1.76. The highest BCUT2D eigenvalue weighted by Crippen LogP contribution is 2.17. The largest absolute Gasteiger partial charge is 0.381 e. The van der Waals surface area contributed by atoms with Crippen LogP contribution in [0.4, 0.5) is 5.69 Å². The highest BCUT2D eigenvalue weighted by Gasteiger charge is 2.02. The Bertz CT molecular complexity index is 416. The number of aryl methyl sites for hydroxylation is 2. The van der Waals surface area contributed by atoms with E-state index in [0.29, 0.717) is 0 Å². The predicted molar refractivity (Wildman–Crippen MR) is 67.6 cm³/mol. The van der Waals surface area contributed by atoms with Crippen LogP contribution in [0, 0.1) is 0 Å². The molecule has 0 saturated heterocycles. The molecule has 0 fully saturated rings. The van der Waals surface area contributed by atoms with Crippen LogP contribution in [0.15, 0.2) is 48.5 Å². The van der Waals surface area contributed by atoms with Gasteiger partial charge in [0.2, 0.25) is 0 Å². The van der Waals surface area contributed by atoms with Crippen LogP contribution in [0.25, 0.3) is 0 Å². The average Bonchev–Trinajstić information content (AvgIpc) is 2.34. The Morgan fingerprint density at radius 3 is 2.31 bits per heavy atom. The normalized spacial score (nSPS) is 14.0. The highest BCUT2D eigenvalue weighted by atomic mass is 14.9. The van der Waals surface area contributed by atoms with Gasteiger partial charge in [-0.1, -0.05) is 36.4 Å². The second-order valence-corrected chi connectivity index (χ2v) is 4.37. The maximum absolute atomic E-state index is 3.46. The fourth-order valence-electron chi connectivity index (χ4n) is 2.22. The minimum Gasteiger partial charge on any atom is -0.381 e. The second kappa shape index (κ2) is 4.01. The topological polar surface area (TPSA) is 12.0 Å². The van der Waals surface area contributed by atoms with Crippen LogP contribution in [0.5, 0.6) is 0 Å². The van der Waals surface area contributed by atoms with E-state index in [4.69, 9.17) is 0 Å². The van der Waals surface area contributed by atoms with Gasteiger partial charge in [-0.15, -0.1) is 0 Å². The number of anilines is 1. The van der Waals surface area contributed by atoms with Gasteiger partial charge < -0.3 is 5.32 Å². The van der Waals surface area contributed by atoms with E-state index in [-0.39, 0.29) is 0 Å². The first-order valence-corrected chi connectivity index (χ1v) is 5.81. The van der Waals surface area contributed by atoms with Gasteiger partial charge in [0.05, 0.1) is 0 Å². The Kier molecular flexibility index (Phi) is 2.37. The van der Waals surface area contributed by atoms with Crippen LogP contribution >= 0.6 is 0 Å². The standard InChI is InChI=1S/C15H15N/c1-3-12-7-8-13-4-2-6-15(10-13)16-11-14(5-1)9-12/h1-6,9-10,16H,7-8,11H2. The third-order valence-electron chi connectivity index (χ3n) is 3.12. The van der Waals surface area contributed by atoms with E-state index in [2.05, 4.69) is 53.8 Å². The third kappa shape index (κ3) is 1.94. The number of hydrogen-bond donors (Lipinski definition) is 1. The van der Waals surface area contributed by atoms with Crippen molar-refractivity contribution in [3.8, 4) is 0 Å². The quantitative estimate of drug-likeness (QED) is 0.701. The van der Waals surface area contributed by atoms with Crippen molar-refractivity contribution in [1.82, 2.24) is 0 Å². The molecule has 1 heterocycles. The molecule has 1 N–H and O–H groups in total. The van der Waals surface area contributed by atoms with Crippen molar-refractivity contribution in [2.45, 2.75) is 19.4 Å². The molecule has 2 aromatic carbocycles. The molecule has 0 amide bonds. The molecule has 1 aliphatic heterocycles. The van der Waals surface area contributed by atoms with Gasteiger partial charge in [0.15, 0.2) is 0 Å². The van der Waals surface area contributed by atoms with Crippen molar-refractivity contribution in [1.29, 1.82) is 0 Å². The van der Waals surface area contributed by atoms with Crippen LogP contribution in [0.2, 0.25) is 0 Å². The molecule has 3 rings (SSSR count). The summed E-state index contributed by atoms with van der Waals surface area (Å²) in [6.07, 6.45) is 2.26. The third-order valence-corrected chi connectivity index (χ3v) is 3.12. The minimum absolute atomic E-state index is 0.914.